The molecule has 0 aliphatic rings. The van der Waals surface area contributed by atoms with E-state index in [0.717, 1.165) is 17.9 Å². The van der Waals surface area contributed by atoms with E-state index in [2.05, 4.69) is 10.6 Å². The Morgan fingerprint density at radius 3 is 2.46 bits per heavy atom. The van der Waals surface area contributed by atoms with Gasteiger partial charge in [-0.05, 0) is 30.7 Å². The van der Waals surface area contributed by atoms with E-state index < -0.39 is 0 Å². The molecule has 0 saturated carbocycles. The van der Waals surface area contributed by atoms with Crippen molar-refractivity contribution in [3.8, 4) is 11.5 Å². The average molecular weight is 328 g/mol. The van der Waals surface area contributed by atoms with Gasteiger partial charge in [0.05, 0.1) is 12.2 Å². The van der Waals surface area contributed by atoms with Crippen LogP contribution in [0.25, 0.3) is 0 Å². The lowest BCUT2D eigenvalue weighted by molar-refractivity contribution is -0.119. The lowest BCUT2D eigenvalue weighted by atomic mass is 10.3. The molecule has 0 atom stereocenters. The second kappa shape index (κ2) is 10.2. The van der Waals surface area contributed by atoms with Gasteiger partial charge in [-0.2, -0.15) is 0 Å². The molecule has 0 saturated heterocycles. The van der Waals surface area contributed by atoms with Crippen LogP contribution in [0.3, 0.4) is 0 Å². The monoisotopic (exact) mass is 328 g/mol. The SMILES string of the molecule is CCCNC(=O)CNc1ccccc1OCCOc1ccccc1. The van der Waals surface area contributed by atoms with Crippen molar-refractivity contribution in [1.82, 2.24) is 5.32 Å². The summed E-state index contributed by atoms with van der Waals surface area (Å²) in [5.41, 5.74) is 0.795. The minimum Gasteiger partial charge on any atom is -0.490 e. The maximum Gasteiger partial charge on any atom is 0.239 e. The van der Waals surface area contributed by atoms with Crippen molar-refractivity contribution >= 4 is 11.6 Å². The van der Waals surface area contributed by atoms with E-state index in [0.29, 0.717) is 25.5 Å². The number of hydrogen-bond acceptors (Lipinski definition) is 4. The molecular weight excluding hydrogens is 304 g/mol. The number of benzene rings is 2. The number of para-hydroxylation sites is 3. The highest BCUT2D eigenvalue weighted by Gasteiger charge is 2.05. The normalized spacial score (nSPS) is 10.0. The molecule has 0 bridgehead atoms. The third-order valence-corrected chi connectivity index (χ3v) is 3.25. The first-order valence-corrected chi connectivity index (χ1v) is 8.20. The van der Waals surface area contributed by atoms with Gasteiger partial charge in [0.15, 0.2) is 0 Å². The number of hydrogen-bond donors (Lipinski definition) is 2. The summed E-state index contributed by atoms with van der Waals surface area (Å²) in [6, 6.07) is 17.2. The van der Waals surface area contributed by atoms with Crippen LogP contribution in [0.1, 0.15) is 13.3 Å². The molecule has 24 heavy (non-hydrogen) atoms. The molecule has 0 radical (unpaired) electrons. The standard InChI is InChI=1S/C19H24N2O3/c1-2-12-20-19(22)15-21-17-10-6-7-11-18(17)24-14-13-23-16-8-4-3-5-9-16/h3-11,21H,2,12-15H2,1H3,(H,20,22). The fraction of sp³-hybridized carbons (Fsp3) is 0.316. The van der Waals surface area contributed by atoms with Crippen LogP contribution in [0.5, 0.6) is 11.5 Å². The molecule has 0 aromatic heterocycles. The lowest BCUT2D eigenvalue weighted by Gasteiger charge is -2.13. The van der Waals surface area contributed by atoms with Crippen molar-refractivity contribution in [2.24, 2.45) is 0 Å². The van der Waals surface area contributed by atoms with Gasteiger partial charge in [-0.3, -0.25) is 4.79 Å². The van der Waals surface area contributed by atoms with Gasteiger partial charge in [-0.25, -0.2) is 0 Å². The zero-order chi connectivity index (χ0) is 17.0. The Kier molecular flexibility index (Phi) is 7.47. The van der Waals surface area contributed by atoms with Gasteiger partial charge in [-0.15, -0.1) is 0 Å². The maximum absolute atomic E-state index is 11.7. The van der Waals surface area contributed by atoms with Crippen LogP contribution < -0.4 is 20.1 Å². The van der Waals surface area contributed by atoms with E-state index in [1.54, 1.807) is 0 Å². The smallest absolute Gasteiger partial charge is 0.239 e. The summed E-state index contributed by atoms with van der Waals surface area (Å²) in [7, 11) is 0. The Hall–Kier alpha value is -2.69. The van der Waals surface area contributed by atoms with Crippen LogP contribution in [0.15, 0.2) is 54.6 Å². The third kappa shape index (κ3) is 6.20. The van der Waals surface area contributed by atoms with E-state index in [1.165, 1.54) is 0 Å². The first-order chi connectivity index (χ1) is 11.8. The Labute approximate surface area is 143 Å². The molecule has 2 N–H and O–H groups in total. The molecule has 5 nitrogen and oxygen atoms in total. The van der Waals surface area contributed by atoms with Gasteiger partial charge in [0.25, 0.3) is 0 Å². The zero-order valence-electron chi connectivity index (χ0n) is 14.0. The fourth-order valence-corrected chi connectivity index (χ4v) is 2.07. The van der Waals surface area contributed by atoms with Crippen molar-refractivity contribution in [3.63, 3.8) is 0 Å². The molecule has 128 valence electrons. The van der Waals surface area contributed by atoms with E-state index in [-0.39, 0.29) is 12.5 Å². The summed E-state index contributed by atoms with van der Waals surface area (Å²) in [5, 5.41) is 5.93. The molecule has 2 rings (SSSR count). The number of carbonyl (C=O) groups is 1. The fourth-order valence-electron chi connectivity index (χ4n) is 2.07. The lowest BCUT2D eigenvalue weighted by Crippen LogP contribution is -2.30. The zero-order valence-corrected chi connectivity index (χ0v) is 14.0. The average Bonchev–Trinajstić information content (AvgIpc) is 2.63. The van der Waals surface area contributed by atoms with Gasteiger partial charge < -0.3 is 20.1 Å². The third-order valence-electron chi connectivity index (χ3n) is 3.25. The number of amides is 1. The van der Waals surface area contributed by atoms with E-state index >= 15 is 0 Å². The molecule has 0 fully saturated rings. The van der Waals surface area contributed by atoms with Gasteiger partial charge in [0.2, 0.25) is 5.91 Å². The number of rotatable bonds is 10. The molecule has 0 unspecified atom stereocenters. The van der Waals surface area contributed by atoms with Crippen molar-refractivity contribution in [1.29, 1.82) is 0 Å². The minimum atomic E-state index is -0.0286. The van der Waals surface area contributed by atoms with Crippen LogP contribution in [0, 0.1) is 0 Å². The summed E-state index contributed by atoms with van der Waals surface area (Å²) in [6.07, 6.45) is 0.923. The Balaban J connectivity index is 1.77. The van der Waals surface area contributed by atoms with Crippen LogP contribution in [-0.2, 0) is 4.79 Å². The van der Waals surface area contributed by atoms with E-state index in [4.69, 9.17) is 9.47 Å². The largest absolute Gasteiger partial charge is 0.490 e. The van der Waals surface area contributed by atoms with E-state index in [9.17, 15) is 4.79 Å². The first-order valence-electron chi connectivity index (χ1n) is 8.20. The van der Waals surface area contributed by atoms with Gasteiger partial charge >= 0.3 is 0 Å². The van der Waals surface area contributed by atoms with Gasteiger partial charge in [-0.1, -0.05) is 37.3 Å². The predicted molar refractivity (Wildman–Crippen MR) is 95.7 cm³/mol. The Morgan fingerprint density at radius 2 is 1.67 bits per heavy atom. The summed E-state index contributed by atoms with van der Waals surface area (Å²) in [5.74, 6) is 1.50. The maximum atomic E-state index is 11.7. The summed E-state index contributed by atoms with van der Waals surface area (Å²) in [4.78, 5) is 11.7. The van der Waals surface area contributed by atoms with Crippen molar-refractivity contribution < 1.29 is 14.3 Å². The number of ether oxygens (including phenoxy) is 2. The molecule has 2 aromatic rings. The highest BCUT2D eigenvalue weighted by Crippen LogP contribution is 2.23. The van der Waals surface area contributed by atoms with Crippen LogP contribution in [0.2, 0.25) is 0 Å². The molecule has 5 heteroatoms. The summed E-state index contributed by atoms with van der Waals surface area (Å²) >= 11 is 0. The summed E-state index contributed by atoms with van der Waals surface area (Å²) in [6.45, 7) is 3.82. The molecule has 2 aromatic carbocycles. The van der Waals surface area contributed by atoms with Crippen LogP contribution >= 0.6 is 0 Å². The first kappa shape index (κ1) is 17.7. The second-order valence-electron chi connectivity index (χ2n) is 5.21. The van der Waals surface area contributed by atoms with Crippen molar-refractivity contribution in [2.45, 2.75) is 13.3 Å². The second-order valence-corrected chi connectivity index (χ2v) is 5.21. The van der Waals surface area contributed by atoms with Crippen molar-refractivity contribution in [3.05, 3.63) is 54.6 Å². The number of carbonyl (C=O) groups excluding carboxylic acids is 1. The molecule has 0 spiro atoms. The summed E-state index contributed by atoms with van der Waals surface area (Å²) < 4.78 is 11.4. The topological polar surface area (TPSA) is 59.6 Å². The Bertz CT molecular complexity index is 617. The van der Waals surface area contributed by atoms with E-state index in [1.807, 2.05) is 61.5 Å². The van der Waals surface area contributed by atoms with Crippen LogP contribution in [-0.4, -0.2) is 32.2 Å². The highest BCUT2D eigenvalue weighted by molar-refractivity contribution is 5.81. The minimum absolute atomic E-state index is 0.0286. The predicted octanol–water partition coefficient (Wildman–Crippen LogP) is 3.08. The van der Waals surface area contributed by atoms with Gasteiger partial charge in [0.1, 0.15) is 24.7 Å². The molecular formula is C19H24N2O3. The van der Waals surface area contributed by atoms with Crippen molar-refractivity contribution in [2.75, 3.05) is 31.6 Å². The molecule has 0 aliphatic carbocycles. The van der Waals surface area contributed by atoms with Gasteiger partial charge in [0, 0.05) is 6.54 Å². The molecule has 0 aliphatic heterocycles. The Morgan fingerprint density at radius 1 is 0.958 bits per heavy atom. The highest BCUT2D eigenvalue weighted by atomic mass is 16.5. The van der Waals surface area contributed by atoms with Crippen LogP contribution in [0.4, 0.5) is 5.69 Å². The number of nitrogens with one attached hydrogen (secondary N) is 2. The molecule has 1 amide bonds. The molecule has 0 heterocycles. The number of anilines is 1. The quantitative estimate of drug-likeness (QED) is 0.658.